The highest BCUT2D eigenvalue weighted by Crippen LogP contribution is 2.21. The van der Waals surface area contributed by atoms with E-state index in [4.69, 9.17) is 14.2 Å². The lowest BCUT2D eigenvalue weighted by Crippen LogP contribution is -2.20. The third kappa shape index (κ3) is 6.83. The molecule has 0 saturated heterocycles. The van der Waals surface area contributed by atoms with Crippen LogP contribution in [0.25, 0.3) is 0 Å². The molecule has 2 N–H and O–H groups in total. The summed E-state index contributed by atoms with van der Waals surface area (Å²) in [5.74, 6) is 0.253. The summed E-state index contributed by atoms with van der Waals surface area (Å²) in [5.41, 5.74) is 3.46. The zero-order valence-corrected chi connectivity index (χ0v) is 19.2. The standard InChI is InChI=1S/C26H26N2O6/c1-4-32-26(31)34-22-13-11-19(12-14-22)25(30)28-21-9-6-8-20(15-21)27-24(29)16-33-23-10-5-7-17(2)18(23)3/h5-15H,4,16H2,1-3H3,(H,27,29)(H,28,30). The zero-order chi connectivity index (χ0) is 24.5. The third-order valence-electron chi connectivity index (χ3n) is 4.90. The highest BCUT2D eigenvalue weighted by atomic mass is 16.7. The first kappa shape index (κ1) is 24.3. The Morgan fingerprint density at radius 3 is 2.24 bits per heavy atom. The lowest BCUT2D eigenvalue weighted by Gasteiger charge is -2.12. The molecule has 3 aromatic rings. The van der Waals surface area contributed by atoms with Crippen LogP contribution >= 0.6 is 0 Å². The maximum Gasteiger partial charge on any atom is 0.513 e. The summed E-state index contributed by atoms with van der Waals surface area (Å²) >= 11 is 0. The van der Waals surface area contributed by atoms with Gasteiger partial charge in [0.1, 0.15) is 11.5 Å². The molecular formula is C26H26N2O6. The largest absolute Gasteiger partial charge is 0.513 e. The van der Waals surface area contributed by atoms with E-state index in [0.29, 0.717) is 22.7 Å². The van der Waals surface area contributed by atoms with Crippen molar-refractivity contribution in [2.75, 3.05) is 23.8 Å². The van der Waals surface area contributed by atoms with Crippen LogP contribution < -0.4 is 20.1 Å². The minimum atomic E-state index is -0.807. The van der Waals surface area contributed by atoms with E-state index in [2.05, 4.69) is 10.6 Å². The van der Waals surface area contributed by atoms with Crippen molar-refractivity contribution >= 4 is 29.3 Å². The number of nitrogens with one attached hydrogen (secondary N) is 2. The second kappa shape index (κ2) is 11.5. The Bertz CT molecular complexity index is 1170. The molecule has 8 nitrogen and oxygen atoms in total. The maximum absolute atomic E-state index is 12.6. The lowest BCUT2D eigenvalue weighted by atomic mass is 10.1. The number of amides is 2. The van der Waals surface area contributed by atoms with E-state index in [-0.39, 0.29) is 30.8 Å². The molecule has 8 heteroatoms. The first-order valence-corrected chi connectivity index (χ1v) is 10.7. The molecule has 3 aromatic carbocycles. The van der Waals surface area contributed by atoms with Gasteiger partial charge in [-0.25, -0.2) is 4.79 Å². The number of hydrogen-bond donors (Lipinski definition) is 2. The van der Waals surface area contributed by atoms with Crippen molar-refractivity contribution in [3.05, 3.63) is 83.4 Å². The van der Waals surface area contributed by atoms with Gasteiger partial charge in [-0.2, -0.15) is 0 Å². The molecule has 0 saturated carbocycles. The molecule has 0 aromatic heterocycles. The Labute approximate surface area is 197 Å². The summed E-state index contributed by atoms with van der Waals surface area (Å²) in [5, 5.41) is 5.53. The number of rotatable bonds is 8. The zero-order valence-electron chi connectivity index (χ0n) is 19.2. The Balaban J connectivity index is 1.55. The van der Waals surface area contributed by atoms with E-state index in [9.17, 15) is 14.4 Å². The predicted molar refractivity (Wildman–Crippen MR) is 129 cm³/mol. The van der Waals surface area contributed by atoms with Crippen LogP contribution in [0.3, 0.4) is 0 Å². The molecule has 34 heavy (non-hydrogen) atoms. The Morgan fingerprint density at radius 2 is 1.53 bits per heavy atom. The molecule has 0 radical (unpaired) electrons. The van der Waals surface area contributed by atoms with Gasteiger partial charge in [0.05, 0.1) is 6.61 Å². The van der Waals surface area contributed by atoms with Crippen molar-refractivity contribution in [2.24, 2.45) is 0 Å². The number of aryl methyl sites for hydroxylation is 1. The number of anilines is 2. The predicted octanol–water partition coefficient (Wildman–Crippen LogP) is 5.11. The van der Waals surface area contributed by atoms with Gasteiger partial charge in [-0.1, -0.05) is 18.2 Å². The van der Waals surface area contributed by atoms with Gasteiger partial charge in [0.2, 0.25) is 0 Å². The summed E-state index contributed by atoms with van der Waals surface area (Å²) in [6.07, 6.45) is -0.807. The van der Waals surface area contributed by atoms with Crippen LogP contribution in [0.4, 0.5) is 16.2 Å². The average Bonchev–Trinajstić information content (AvgIpc) is 2.81. The van der Waals surface area contributed by atoms with Crippen LogP contribution in [0, 0.1) is 13.8 Å². The van der Waals surface area contributed by atoms with E-state index >= 15 is 0 Å². The SMILES string of the molecule is CCOC(=O)Oc1ccc(C(=O)Nc2cccc(NC(=O)COc3cccc(C)c3C)c2)cc1. The van der Waals surface area contributed by atoms with Crippen molar-refractivity contribution in [1.82, 2.24) is 0 Å². The third-order valence-corrected chi connectivity index (χ3v) is 4.90. The molecule has 2 amide bonds. The van der Waals surface area contributed by atoms with Crippen LogP contribution in [0.1, 0.15) is 28.4 Å². The second-order valence-corrected chi connectivity index (χ2v) is 7.38. The normalized spacial score (nSPS) is 10.2. The summed E-state index contributed by atoms with van der Waals surface area (Å²) in [7, 11) is 0. The highest BCUT2D eigenvalue weighted by molar-refractivity contribution is 6.04. The number of carbonyl (C=O) groups excluding carboxylic acids is 3. The first-order chi connectivity index (χ1) is 16.4. The fraction of sp³-hybridized carbons (Fsp3) is 0.192. The Kier molecular flexibility index (Phi) is 8.23. The van der Waals surface area contributed by atoms with E-state index in [1.807, 2.05) is 32.0 Å². The fourth-order valence-corrected chi connectivity index (χ4v) is 3.02. The molecule has 0 bridgehead atoms. The van der Waals surface area contributed by atoms with Gasteiger partial charge in [-0.15, -0.1) is 0 Å². The number of hydrogen-bond acceptors (Lipinski definition) is 6. The molecule has 176 valence electrons. The number of carbonyl (C=O) groups is 3. The molecule has 0 heterocycles. The average molecular weight is 463 g/mol. The summed E-state index contributed by atoms with van der Waals surface area (Å²) in [6, 6.07) is 18.5. The molecule has 0 unspecified atom stereocenters. The van der Waals surface area contributed by atoms with Crippen LogP contribution in [-0.2, 0) is 9.53 Å². The van der Waals surface area contributed by atoms with Crippen molar-refractivity contribution in [3.63, 3.8) is 0 Å². The highest BCUT2D eigenvalue weighted by Gasteiger charge is 2.11. The van der Waals surface area contributed by atoms with Crippen LogP contribution in [0.2, 0.25) is 0 Å². The minimum Gasteiger partial charge on any atom is -0.483 e. The monoisotopic (exact) mass is 462 g/mol. The van der Waals surface area contributed by atoms with E-state index in [1.54, 1.807) is 31.2 Å². The lowest BCUT2D eigenvalue weighted by molar-refractivity contribution is -0.118. The summed E-state index contributed by atoms with van der Waals surface area (Å²) in [6.45, 7) is 5.66. The molecule has 0 fully saturated rings. The fourth-order valence-electron chi connectivity index (χ4n) is 3.02. The molecule has 3 rings (SSSR count). The minimum absolute atomic E-state index is 0.138. The summed E-state index contributed by atoms with van der Waals surface area (Å²) in [4.78, 5) is 36.2. The molecule has 0 aliphatic heterocycles. The summed E-state index contributed by atoms with van der Waals surface area (Å²) < 4.78 is 15.3. The van der Waals surface area contributed by atoms with Gasteiger partial charge < -0.3 is 24.8 Å². The molecule has 0 aliphatic rings. The van der Waals surface area contributed by atoms with Gasteiger partial charge in [0.15, 0.2) is 6.61 Å². The van der Waals surface area contributed by atoms with E-state index < -0.39 is 6.16 Å². The van der Waals surface area contributed by atoms with Gasteiger partial charge in [0, 0.05) is 16.9 Å². The van der Waals surface area contributed by atoms with Gasteiger partial charge in [-0.05, 0) is 80.4 Å². The van der Waals surface area contributed by atoms with Crippen LogP contribution in [0.5, 0.6) is 11.5 Å². The molecule has 0 aliphatic carbocycles. The topological polar surface area (TPSA) is 103 Å². The van der Waals surface area contributed by atoms with Crippen molar-refractivity contribution in [3.8, 4) is 11.5 Å². The second-order valence-electron chi connectivity index (χ2n) is 7.38. The Morgan fingerprint density at radius 1 is 0.853 bits per heavy atom. The first-order valence-electron chi connectivity index (χ1n) is 10.7. The smallest absolute Gasteiger partial charge is 0.483 e. The molecular weight excluding hydrogens is 436 g/mol. The van der Waals surface area contributed by atoms with Gasteiger partial charge in [0.25, 0.3) is 11.8 Å². The molecule has 0 atom stereocenters. The van der Waals surface area contributed by atoms with E-state index in [1.165, 1.54) is 24.3 Å². The van der Waals surface area contributed by atoms with Crippen molar-refractivity contribution in [2.45, 2.75) is 20.8 Å². The van der Waals surface area contributed by atoms with Crippen molar-refractivity contribution in [1.29, 1.82) is 0 Å². The molecule has 0 spiro atoms. The quantitative estimate of drug-likeness (QED) is 0.356. The van der Waals surface area contributed by atoms with Crippen LogP contribution in [0.15, 0.2) is 66.7 Å². The Hall–Kier alpha value is -4.33. The van der Waals surface area contributed by atoms with Gasteiger partial charge >= 0.3 is 6.16 Å². The number of benzene rings is 3. The van der Waals surface area contributed by atoms with Crippen molar-refractivity contribution < 1.29 is 28.6 Å². The van der Waals surface area contributed by atoms with E-state index in [0.717, 1.165) is 11.1 Å². The number of ether oxygens (including phenoxy) is 3. The van der Waals surface area contributed by atoms with Crippen LogP contribution in [-0.4, -0.2) is 31.2 Å². The van der Waals surface area contributed by atoms with Gasteiger partial charge in [-0.3, -0.25) is 9.59 Å². The maximum atomic E-state index is 12.6.